The van der Waals surface area contributed by atoms with Crippen molar-refractivity contribution in [3.8, 4) is 11.6 Å². The van der Waals surface area contributed by atoms with Crippen molar-refractivity contribution in [2.45, 2.75) is 46.1 Å². The van der Waals surface area contributed by atoms with Gasteiger partial charge in [0.2, 0.25) is 11.8 Å². The van der Waals surface area contributed by atoms with E-state index in [0.717, 1.165) is 43.4 Å². The molecule has 0 aliphatic carbocycles. The van der Waals surface area contributed by atoms with Crippen LogP contribution in [0.1, 0.15) is 40.5 Å². The van der Waals surface area contributed by atoms with Gasteiger partial charge in [-0.3, -0.25) is 0 Å². The summed E-state index contributed by atoms with van der Waals surface area (Å²) in [5.74, 6) is 3.27. The molecule has 1 saturated heterocycles. The van der Waals surface area contributed by atoms with Gasteiger partial charge >= 0.3 is 0 Å². The molecule has 2 N–H and O–H groups in total. The Morgan fingerprint density at radius 2 is 1.82 bits per heavy atom. The molecule has 0 spiro atoms. The van der Waals surface area contributed by atoms with Gasteiger partial charge in [0, 0.05) is 24.7 Å². The van der Waals surface area contributed by atoms with Gasteiger partial charge in [0.15, 0.2) is 5.11 Å². The topological polar surface area (TPSA) is 62.3 Å². The Morgan fingerprint density at radius 3 is 2.46 bits per heavy atom. The minimum Gasteiger partial charge on any atom is -0.439 e. The molecular formula is C21H29N5OS. The second-order valence-electron chi connectivity index (χ2n) is 8.30. The van der Waals surface area contributed by atoms with E-state index in [9.17, 15) is 0 Å². The summed E-state index contributed by atoms with van der Waals surface area (Å²) >= 11 is 5.42. The van der Waals surface area contributed by atoms with Gasteiger partial charge in [-0.05, 0) is 63.9 Å². The molecule has 0 amide bonds. The molecule has 6 nitrogen and oxygen atoms in total. The first-order valence-corrected chi connectivity index (χ1v) is 10.2. The molecule has 0 unspecified atom stereocenters. The van der Waals surface area contributed by atoms with Crippen molar-refractivity contribution in [1.82, 2.24) is 15.3 Å². The van der Waals surface area contributed by atoms with E-state index < -0.39 is 0 Å². The maximum Gasteiger partial charge on any atom is 0.234 e. The van der Waals surface area contributed by atoms with Gasteiger partial charge in [0.1, 0.15) is 11.6 Å². The molecule has 0 saturated carbocycles. The summed E-state index contributed by atoms with van der Waals surface area (Å²) in [5.41, 5.74) is -0.145. The van der Waals surface area contributed by atoms with Gasteiger partial charge in [-0.2, -0.15) is 9.97 Å². The minimum absolute atomic E-state index is 0.145. The third-order valence-electron chi connectivity index (χ3n) is 4.48. The quantitative estimate of drug-likeness (QED) is 0.729. The van der Waals surface area contributed by atoms with Gasteiger partial charge in [0.25, 0.3) is 0 Å². The van der Waals surface area contributed by atoms with Crippen LogP contribution in [0.15, 0.2) is 36.4 Å². The average molecular weight is 400 g/mol. The number of nitrogens with zero attached hydrogens (tertiary/aromatic N) is 3. The van der Waals surface area contributed by atoms with Gasteiger partial charge in [-0.15, -0.1) is 0 Å². The fourth-order valence-corrected chi connectivity index (χ4v) is 3.40. The van der Waals surface area contributed by atoms with E-state index in [0.29, 0.717) is 16.9 Å². The summed E-state index contributed by atoms with van der Waals surface area (Å²) in [7, 11) is 0. The van der Waals surface area contributed by atoms with Crippen LogP contribution < -0.4 is 20.3 Å². The molecule has 28 heavy (non-hydrogen) atoms. The van der Waals surface area contributed by atoms with E-state index in [1.807, 2.05) is 36.4 Å². The summed E-state index contributed by atoms with van der Waals surface area (Å²) in [6, 6.07) is 11.5. The van der Waals surface area contributed by atoms with Crippen molar-refractivity contribution in [2.24, 2.45) is 5.92 Å². The molecule has 1 aliphatic heterocycles. The normalized spacial score (nSPS) is 15.2. The predicted molar refractivity (Wildman–Crippen MR) is 118 cm³/mol. The van der Waals surface area contributed by atoms with E-state index in [2.05, 4.69) is 53.2 Å². The Labute approximate surface area is 172 Å². The number of para-hydroxylation sites is 1. The number of thiocarbonyl (C=S) groups is 1. The molecule has 2 heterocycles. The number of nitrogens with one attached hydrogen (secondary N) is 2. The maximum absolute atomic E-state index is 5.97. The van der Waals surface area contributed by atoms with Crippen LogP contribution in [0, 0.1) is 5.92 Å². The Morgan fingerprint density at radius 1 is 1.14 bits per heavy atom. The molecule has 1 aliphatic rings. The molecule has 1 aromatic heterocycles. The van der Waals surface area contributed by atoms with Crippen LogP contribution in [0.5, 0.6) is 11.6 Å². The van der Waals surface area contributed by atoms with Crippen LogP contribution in [0.25, 0.3) is 0 Å². The lowest BCUT2D eigenvalue weighted by molar-refractivity contribution is 0.434. The van der Waals surface area contributed by atoms with Crippen molar-refractivity contribution in [3.05, 3.63) is 36.4 Å². The Bertz CT molecular complexity index is 798. The van der Waals surface area contributed by atoms with E-state index in [4.69, 9.17) is 17.0 Å². The monoisotopic (exact) mass is 399 g/mol. The minimum atomic E-state index is -0.145. The predicted octanol–water partition coefficient (Wildman–Crippen LogP) is 4.59. The number of anilines is 2. The Balaban J connectivity index is 1.84. The molecule has 3 rings (SSSR count). The van der Waals surface area contributed by atoms with E-state index >= 15 is 0 Å². The summed E-state index contributed by atoms with van der Waals surface area (Å²) in [5, 5.41) is 6.82. The number of hydrogen-bond acceptors (Lipinski definition) is 5. The second-order valence-corrected chi connectivity index (χ2v) is 8.71. The molecule has 2 aromatic rings. The number of hydrogen-bond donors (Lipinski definition) is 2. The van der Waals surface area contributed by atoms with Crippen molar-refractivity contribution in [3.63, 3.8) is 0 Å². The van der Waals surface area contributed by atoms with E-state index in [-0.39, 0.29) is 5.54 Å². The molecule has 0 atom stereocenters. The zero-order valence-corrected chi connectivity index (χ0v) is 17.8. The molecule has 1 fully saturated rings. The lowest BCUT2D eigenvalue weighted by Gasteiger charge is -2.31. The molecule has 0 bridgehead atoms. The van der Waals surface area contributed by atoms with Crippen molar-refractivity contribution < 1.29 is 4.74 Å². The Kier molecular flexibility index (Phi) is 6.34. The van der Waals surface area contributed by atoms with Gasteiger partial charge in [-0.1, -0.05) is 25.1 Å². The fourth-order valence-electron chi connectivity index (χ4n) is 3.00. The fraction of sp³-hybridized carbons (Fsp3) is 0.476. The average Bonchev–Trinajstić information content (AvgIpc) is 2.61. The van der Waals surface area contributed by atoms with Crippen LogP contribution in [0.4, 0.5) is 11.8 Å². The van der Waals surface area contributed by atoms with Crippen LogP contribution in [0.3, 0.4) is 0 Å². The van der Waals surface area contributed by atoms with Gasteiger partial charge in [-0.25, -0.2) is 0 Å². The number of benzene rings is 1. The number of piperidine rings is 1. The standard InChI is InChI=1S/C21H29N5OS/c1-15-10-12-26(13-11-15)17-14-18(27-16-8-6-5-7-9-16)23-19(22-17)24-20(28)25-21(2,3)4/h5-9,14-15H,10-13H2,1-4H3,(H2,22,23,24,25,28). The smallest absolute Gasteiger partial charge is 0.234 e. The van der Waals surface area contributed by atoms with Crippen LogP contribution >= 0.6 is 12.2 Å². The zero-order valence-electron chi connectivity index (χ0n) is 17.0. The van der Waals surface area contributed by atoms with Crippen molar-refractivity contribution >= 4 is 29.1 Å². The Hall–Kier alpha value is -2.41. The molecular weight excluding hydrogens is 370 g/mol. The zero-order chi connectivity index (χ0) is 20.1. The summed E-state index contributed by atoms with van der Waals surface area (Å²) in [4.78, 5) is 11.5. The molecule has 7 heteroatoms. The highest BCUT2D eigenvalue weighted by atomic mass is 32.1. The molecule has 0 radical (unpaired) electrons. The van der Waals surface area contributed by atoms with Gasteiger partial charge in [0.05, 0.1) is 0 Å². The number of aromatic nitrogens is 2. The van der Waals surface area contributed by atoms with E-state index in [1.54, 1.807) is 0 Å². The first kappa shape index (κ1) is 20.3. The van der Waals surface area contributed by atoms with Gasteiger partial charge < -0.3 is 20.3 Å². The van der Waals surface area contributed by atoms with Crippen molar-refractivity contribution in [2.75, 3.05) is 23.3 Å². The molecule has 1 aromatic carbocycles. The van der Waals surface area contributed by atoms with Crippen LogP contribution in [-0.2, 0) is 0 Å². The van der Waals surface area contributed by atoms with Crippen molar-refractivity contribution in [1.29, 1.82) is 0 Å². The first-order chi connectivity index (χ1) is 13.3. The largest absolute Gasteiger partial charge is 0.439 e. The summed E-state index contributed by atoms with van der Waals surface area (Å²) in [6.07, 6.45) is 2.32. The lowest BCUT2D eigenvalue weighted by Crippen LogP contribution is -2.43. The highest BCUT2D eigenvalue weighted by Crippen LogP contribution is 2.27. The highest BCUT2D eigenvalue weighted by Gasteiger charge is 2.20. The maximum atomic E-state index is 5.97. The second kappa shape index (κ2) is 8.73. The third kappa shape index (κ3) is 6.05. The lowest BCUT2D eigenvalue weighted by atomic mass is 9.99. The number of rotatable bonds is 4. The van der Waals surface area contributed by atoms with Crippen LogP contribution in [0.2, 0.25) is 0 Å². The SMILES string of the molecule is CC1CCN(c2cc(Oc3ccccc3)nc(NC(=S)NC(C)(C)C)n2)CC1. The van der Waals surface area contributed by atoms with E-state index in [1.165, 1.54) is 0 Å². The van der Waals surface area contributed by atoms with Crippen LogP contribution in [-0.4, -0.2) is 33.7 Å². The summed E-state index contributed by atoms with van der Waals surface area (Å²) < 4.78 is 5.97. The molecule has 150 valence electrons. The summed E-state index contributed by atoms with van der Waals surface area (Å²) in [6.45, 7) is 10.4. The third-order valence-corrected chi connectivity index (χ3v) is 4.68. The number of ether oxygens (including phenoxy) is 1. The highest BCUT2D eigenvalue weighted by molar-refractivity contribution is 7.80. The first-order valence-electron chi connectivity index (χ1n) is 9.74.